The molecule has 2 rings (SSSR count). The summed E-state index contributed by atoms with van der Waals surface area (Å²) in [5.41, 5.74) is -0.568. The summed E-state index contributed by atoms with van der Waals surface area (Å²) < 4.78 is 15.6. The minimum absolute atomic E-state index is 0. The fraction of sp³-hybridized carbons (Fsp3) is 0.588. The van der Waals surface area contributed by atoms with Gasteiger partial charge in [-0.15, -0.1) is 12.4 Å². The smallest absolute Gasteiger partial charge is 0.286 e. The van der Waals surface area contributed by atoms with Crippen LogP contribution in [0.25, 0.3) is 0 Å². The SMILES string of the molecule is COCC1(CNC(=O)c2cc(OC)c(OC)cc2[N+](=O)[O-])CCNCC1.Cl. The predicted molar refractivity (Wildman–Crippen MR) is 102 cm³/mol. The molecule has 1 aromatic carbocycles. The van der Waals surface area contributed by atoms with E-state index in [-0.39, 0.29) is 40.6 Å². The molecule has 1 aromatic rings. The molecule has 9 nitrogen and oxygen atoms in total. The van der Waals surface area contributed by atoms with Crippen molar-refractivity contribution in [2.24, 2.45) is 5.41 Å². The van der Waals surface area contributed by atoms with Crippen LogP contribution in [-0.4, -0.2) is 58.4 Å². The van der Waals surface area contributed by atoms with Gasteiger partial charge in [0, 0.05) is 25.1 Å². The highest BCUT2D eigenvalue weighted by molar-refractivity contribution is 5.99. The van der Waals surface area contributed by atoms with Crippen molar-refractivity contribution in [2.45, 2.75) is 12.8 Å². The number of amides is 1. The van der Waals surface area contributed by atoms with Crippen molar-refractivity contribution in [1.29, 1.82) is 0 Å². The third-order valence-corrected chi connectivity index (χ3v) is 4.68. The fourth-order valence-corrected chi connectivity index (χ4v) is 3.20. The predicted octanol–water partition coefficient (Wildman–Crippen LogP) is 1.78. The van der Waals surface area contributed by atoms with Crippen molar-refractivity contribution < 1.29 is 23.9 Å². The van der Waals surface area contributed by atoms with Gasteiger partial charge in [0.25, 0.3) is 11.6 Å². The summed E-state index contributed by atoms with van der Waals surface area (Å²) in [5.74, 6) is -0.0617. The zero-order valence-corrected chi connectivity index (χ0v) is 16.5. The lowest BCUT2D eigenvalue weighted by Crippen LogP contribution is -2.47. The van der Waals surface area contributed by atoms with Gasteiger partial charge in [0.1, 0.15) is 5.56 Å². The van der Waals surface area contributed by atoms with Crippen molar-refractivity contribution >= 4 is 24.0 Å². The highest BCUT2D eigenvalue weighted by Crippen LogP contribution is 2.35. The van der Waals surface area contributed by atoms with E-state index < -0.39 is 10.8 Å². The summed E-state index contributed by atoms with van der Waals surface area (Å²) >= 11 is 0. The van der Waals surface area contributed by atoms with Gasteiger partial charge in [0.2, 0.25) is 0 Å². The van der Waals surface area contributed by atoms with E-state index >= 15 is 0 Å². The standard InChI is InChI=1S/C17H25N3O6.ClH/c1-24-11-17(4-6-18-7-5-17)10-19-16(21)12-8-14(25-2)15(26-3)9-13(12)20(22)23;/h8-9,18H,4-7,10-11H2,1-3H3,(H,19,21);1H. The number of rotatable bonds is 8. The van der Waals surface area contributed by atoms with Gasteiger partial charge in [0.15, 0.2) is 11.5 Å². The topological polar surface area (TPSA) is 112 Å². The van der Waals surface area contributed by atoms with Crippen LogP contribution in [0.3, 0.4) is 0 Å². The first-order valence-electron chi connectivity index (χ1n) is 8.34. The van der Waals surface area contributed by atoms with Crippen LogP contribution < -0.4 is 20.1 Å². The Labute approximate surface area is 164 Å². The molecule has 1 amide bonds. The van der Waals surface area contributed by atoms with Crippen LogP contribution in [0, 0.1) is 15.5 Å². The van der Waals surface area contributed by atoms with Gasteiger partial charge in [-0.3, -0.25) is 14.9 Å². The molecule has 0 spiro atoms. The minimum atomic E-state index is -0.605. The molecule has 1 saturated heterocycles. The maximum Gasteiger partial charge on any atom is 0.286 e. The second-order valence-electron chi connectivity index (χ2n) is 6.35. The maximum atomic E-state index is 12.7. The molecule has 1 aliphatic heterocycles. The van der Waals surface area contributed by atoms with E-state index in [1.165, 1.54) is 26.4 Å². The average Bonchev–Trinajstić information content (AvgIpc) is 2.65. The van der Waals surface area contributed by atoms with Crippen LogP contribution in [-0.2, 0) is 4.74 Å². The number of nitrogens with one attached hydrogen (secondary N) is 2. The first-order chi connectivity index (χ1) is 12.5. The number of halogens is 1. The third kappa shape index (κ3) is 5.44. The zero-order chi connectivity index (χ0) is 19.2. The summed E-state index contributed by atoms with van der Waals surface area (Å²) in [6.45, 7) is 2.58. The average molecular weight is 404 g/mol. The number of carbonyl (C=O) groups is 1. The third-order valence-electron chi connectivity index (χ3n) is 4.68. The van der Waals surface area contributed by atoms with Crippen molar-refractivity contribution in [3.8, 4) is 11.5 Å². The zero-order valence-electron chi connectivity index (χ0n) is 15.7. The lowest BCUT2D eigenvalue weighted by molar-refractivity contribution is -0.385. The number of hydrogen-bond donors (Lipinski definition) is 2. The van der Waals surface area contributed by atoms with Crippen LogP contribution in [0.5, 0.6) is 11.5 Å². The molecule has 10 heteroatoms. The number of hydrogen-bond acceptors (Lipinski definition) is 7. The number of methoxy groups -OCH3 is 3. The summed E-state index contributed by atoms with van der Waals surface area (Å²) in [6.07, 6.45) is 1.71. The van der Waals surface area contributed by atoms with Crippen molar-refractivity contribution in [1.82, 2.24) is 10.6 Å². The summed E-state index contributed by atoms with van der Waals surface area (Å²) in [4.78, 5) is 23.4. The second-order valence-corrected chi connectivity index (χ2v) is 6.35. The molecule has 2 N–H and O–H groups in total. The number of ether oxygens (including phenoxy) is 3. The monoisotopic (exact) mass is 403 g/mol. The van der Waals surface area contributed by atoms with E-state index in [2.05, 4.69) is 10.6 Å². The molecule has 0 aromatic heterocycles. The van der Waals surface area contributed by atoms with Gasteiger partial charge < -0.3 is 24.8 Å². The molecule has 0 saturated carbocycles. The Morgan fingerprint density at radius 1 is 1.22 bits per heavy atom. The first-order valence-corrected chi connectivity index (χ1v) is 8.34. The Morgan fingerprint density at radius 3 is 2.33 bits per heavy atom. The van der Waals surface area contributed by atoms with E-state index in [1.807, 2.05) is 0 Å². The Bertz CT molecular complexity index is 659. The van der Waals surface area contributed by atoms with E-state index in [4.69, 9.17) is 14.2 Å². The lowest BCUT2D eigenvalue weighted by atomic mass is 9.79. The van der Waals surface area contributed by atoms with E-state index in [0.717, 1.165) is 25.9 Å². The van der Waals surface area contributed by atoms with Crippen LogP contribution >= 0.6 is 12.4 Å². The normalized spacial score (nSPS) is 15.4. The van der Waals surface area contributed by atoms with Crippen LogP contribution in [0.15, 0.2) is 12.1 Å². The van der Waals surface area contributed by atoms with Crippen LogP contribution in [0.4, 0.5) is 5.69 Å². The number of carbonyl (C=O) groups excluding carboxylic acids is 1. The van der Waals surface area contributed by atoms with Crippen molar-refractivity contribution in [2.75, 3.05) is 47.6 Å². The van der Waals surface area contributed by atoms with Crippen LogP contribution in [0.1, 0.15) is 23.2 Å². The maximum absolute atomic E-state index is 12.7. The van der Waals surface area contributed by atoms with Gasteiger partial charge in [0.05, 0.1) is 31.8 Å². The molecule has 1 aliphatic rings. The highest BCUT2D eigenvalue weighted by Gasteiger charge is 2.33. The van der Waals surface area contributed by atoms with Crippen molar-refractivity contribution in [3.63, 3.8) is 0 Å². The van der Waals surface area contributed by atoms with Gasteiger partial charge in [-0.1, -0.05) is 0 Å². The van der Waals surface area contributed by atoms with Gasteiger partial charge in [-0.05, 0) is 25.9 Å². The number of nitro groups is 1. The molecule has 1 heterocycles. The van der Waals surface area contributed by atoms with Crippen molar-refractivity contribution in [3.05, 3.63) is 27.8 Å². The Morgan fingerprint density at radius 2 is 1.81 bits per heavy atom. The fourth-order valence-electron chi connectivity index (χ4n) is 3.20. The van der Waals surface area contributed by atoms with Gasteiger partial charge in [-0.25, -0.2) is 0 Å². The number of piperidine rings is 1. The second kappa shape index (κ2) is 10.3. The molecule has 0 unspecified atom stereocenters. The molecule has 27 heavy (non-hydrogen) atoms. The van der Waals surface area contributed by atoms with Gasteiger partial charge >= 0.3 is 0 Å². The summed E-state index contributed by atoms with van der Waals surface area (Å²) in [5, 5.41) is 17.5. The van der Waals surface area contributed by atoms with Gasteiger partial charge in [-0.2, -0.15) is 0 Å². The number of nitro benzene ring substituents is 1. The molecule has 152 valence electrons. The Kier molecular flexibility index (Phi) is 8.74. The van der Waals surface area contributed by atoms with Crippen LogP contribution in [0.2, 0.25) is 0 Å². The molecule has 0 aliphatic carbocycles. The Balaban J connectivity index is 0.00000364. The number of benzene rings is 1. The summed E-state index contributed by atoms with van der Waals surface area (Å²) in [7, 11) is 4.42. The summed E-state index contributed by atoms with van der Waals surface area (Å²) in [6, 6.07) is 2.53. The largest absolute Gasteiger partial charge is 0.493 e. The molecule has 0 atom stereocenters. The quantitative estimate of drug-likeness (QED) is 0.502. The molecular weight excluding hydrogens is 378 g/mol. The number of nitrogens with zero attached hydrogens (tertiary/aromatic N) is 1. The minimum Gasteiger partial charge on any atom is -0.493 e. The van der Waals surface area contributed by atoms with E-state index in [9.17, 15) is 14.9 Å². The highest BCUT2D eigenvalue weighted by atomic mass is 35.5. The molecule has 1 fully saturated rings. The molecular formula is C17H26ClN3O6. The molecule has 0 bridgehead atoms. The van der Waals surface area contributed by atoms with E-state index in [1.54, 1.807) is 7.11 Å². The molecule has 0 radical (unpaired) electrons. The van der Waals surface area contributed by atoms with E-state index in [0.29, 0.717) is 13.2 Å². The lowest BCUT2D eigenvalue weighted by Gasteiger charge is -2.37. The Hall–Kier alpha value is -2.10. The first kappa shape index (κ1) is 22.9.